The number of thiophene rings is 1. The van der Waals surface area contributed by atoms with E-state index < -0.39 is 0 Å². The van der Waals surface area contributed by atoms with Gasteiger partial charge in [0.15, 0.2) is 17.5 Å². The van der Waals surface area contributed by atoms with Crippen molar-refractivity contribution in [2.45, 2.75) is 24.9 Å². The van der Waals surface area contributed by atoms with Gasteiger partial charge in [0.05, 0.1) is 16.8 Å². The minimum atomic E-state index is -0.228. The number of carbonyl (C=O) groups is 2. The molecule has 0 atom stereocenters. The summed E-state index contributed by atoms with van der Waals surface area (Å²) in [7, 11) is 0. The molecule has 0 radical (unpaired) electrons. The predicted octanol–water partition coefficient (Wildman–Crippen LogP) is 5.66. The van der Waals surface area contributed by atoms with Crippen molar-refractivity contribution in [2.75, 3.05) is 23.8 Å². The number of hydrogen-bond donors (Lipinski definition) is 1. The van der Waals surface area contributed by atoms with E-state index in [9.17, 15) is 14.4 Å². The number of aromatic amines is 1. The van der Waals surface area contributed by atoms with E-state index in [2.05, 4.69) is 42.5 Å². The summed E-state index contributed by atoms with van der Waals surface area (Å²) >= 11 is 2.58. The number of thioether (sulfide) groups is 1. The number of rotatable bonds is 8. The summed E-state index contributed by atoms with van der Waals surface area (Å²) in [5.41, 5.74) is 3.84. The molecule has 1 N–H and O–H groups in total. The zero-order valence-electron chi connectivity index (χ0n) is 20.4. The Balaban J connectivity index is 1.35. The second-order valence-electron chi connectivity index (χ2n) is 8.95. The first-order valence-corrected chi connectivity index (χ1v) is 13.7. The van der Waals surface area contributed by atoms with E-state index in [1.807, 2.05) is 17.5 Å². The molecule has 3 heterocycles. The van der Waals surface area contributed by atoms with Crippen LogP contribution in [0, 0.1) is 0 Å². The van der Waals surface area contributed by atoms with Crippen molar-refractivity contribution in [1.82, 2.24) is 9.97 Å². The average Bonchev–Trinajstić information content (AvgIpc) is 3.33. The molecule has 0 fully saturated rings. The molecule has 2 aromatic carbocycles. The number of hydrogen-bond acceptors (Lipinski definition) is 7. The Hall–Kier alpha value is -3.69. The molecule has 1 aliphatic heterocycles. The van der Waals surface area contributed by atoms with Crippen LogP contribution in [0.2, 0.25) is 0 Å². The maximum atomic E-state index is 13.0. The van der Waals surface area contributed by atoms with Crippen LogP contribution < -0.4 is 15.2 Å². The molecule has 0 saturated carbocycles. The monoisotopic (exact) mass is 531 g/mol. The van der Waals surface area contributed by atoms with Gasteiger partial charge in [0.1, 0.15) is 10.6 Å². The minimum Gasteiger partial charge on any atom is -0.482 e. The van der Waals surface area contributed by atoms with Crippen LogP contribution in [0.4, 0.5) is 5.69 Å². The second-order valence-corrected chi connectivity index (χ2v) is 10.8. The SMILES string of the molecule is C=CCN1C(=O)COc2ccc(C(=O)CSc3nc4scc(-c5ccc(C(C)C)cc5)c4c(=O)[nH]3)cc21. The Morgan fingerprint density at radius 1 is 1.24 bits per heavy atom. The van der Waals surface area contributed by atoms with Gasteiger partial charge >= 0.3 is 0 Å². The molecule has 0 unspecified atom stereocenters. The van der Waals surface area contributed by atoms with Crippen LogP contribution in [-0.2, 0) is 4.79 Å². The molecular weight excluding hydrogens is 506 g/mol. The number of anilines is 1. The van der Waals surface area contributed by atoms with Gasteiger partial charge < -0.3 is 14.6 Å². The van der Waals surface area contributed by atoms with E-state index >= 15 is 0 Å². The molecule has 188 valence electrons. The molecule has 1 aliphatic rings. The first kappa shape index (κ1) is 25.0. The van der Waals surface area contributed by atoms with Crippen LogP contribution in [0.3, 0.4) is 0 Å². The molecule has 0 bridgehead atoms. The number of ether oxygens (including phenoxy) is 1. The number of Topliss-reactive ketones (excluding diaryl/α,β-unsaturated/α-hetero) is 1. The fourth-order valence-corrected chi connectivity index (χ4v) is 5.94. The zero-order valence-corrected chi connectivity index (χ0v) is 22.1. The summed E-state index contributed by atoms with van der Waals surface area (Å²) in [6, 6.07) is 13.3. The Morgan fingerprint density at radius 3 is 2.76 bits per heavy atom. The first-order valence-electron chi connectivity index (χ1n) is 11.8. The Morgan fingerprint density at radius 2 is 2.03 bits per heavy atom. The molecular formula is C28H25N3O4S2. The van der Waals surface area contributed by atoms with Crippen molar-refractivity contribution in [1.29, 1.82) is 0 Å². The number of aromatic nitrogens is 2. The Labute approximate surface area is 222 Å². The van der Waals surface area contributed by atoms with Crippen LogP contribution in [0.25, 0.3) is 21.3 Å². The van der Waals surface area contributed by atoms with Gasteiger partial charge in [-0.2, -0.15) is 0 Å². The third-order valence-electron chi connectivity index (χ3n) is 6.19. The highest BCUT2D eigenvalue weighted by Crippen LogP contribution is 2.34. The normalized spacial score (nSPS) is 13.1. The number of ketones is 1. The van der Waals surface area contributed by atoms with Crippen molar-refractivity contribution in [2.24, 2.45) is 0 Å². The molecule has 9 heteroatoms. The van der Waals surface area contributed by atoms with E-state index in [4.69, 9.17) is 4.74 Å². The van der Waals surface area contributed by atoms with Crippen molar-refractivity contribution < 1.29 is 14.3 Å². The van der Waals surface area contributed by atoms with Gasteiger partial charge in [-0.3, -0.25) is 14.4 Å². The highest BCUT2D eigenvalue weighted by atomic mass is 32.2. The maximum absolute atomic E-state index is 13.0. The Bertz CT molecular complexity index is 1570. The quantitative estimate of drug-likeness (QED) is 0.136. The van der Waals surface area contributed by atoms with E-state index in [1.54, 1.807) is 29.2 Å². The highest BCUT2D eigenvalue weighted by molar-refractivity contribution is 7.99. The molecule has 5 rings (SSSR count). The maximum Gasteiger partial charge on any atom is 0.265 e. The van der Waals surface area contributed by atoms with Crippen LogP contribution >= 0.6 is 23.1 Å². The molecule has 4 aromatic rings. The van der Waals surface area contributed by atoms with Gasteiger partial charge in [-0.1, -0.05) is 56.0 Å². The zero-order chi connectivity index (χ0) is 26.1. The van der Waals surface area contributed by atoms with E-state index in [0.717, 1.165) is 11.1 Å². The standard InChI is InChI=1S/C28H25N3O4S2/c1-4-11-31-21-12-19(9-10-23(21)35-13-24(31)33)22(32)15-37-28-29-26(34)25-20(14-36-27(25)30-28)18-7-5-17(6-8-18)16(2)3/h4-10,12,14,16H,1,11,13,15H2,2-3H3,(H,29,30,34). The average molecular weight is 532 g/mol. The summed E-state index contributed by atoms with van der Waals surface area (Å²) in [4.78, 5) is 47.8. The van der Waals surface area contributed by atoms with Gasteiger partial charge in [0.2, 0.25) is 0 Å². The lowest BCUT2D eigenvalue weighted by Crippen LogP contribution is -2.38. The number of amides is 1. The van der Waals surface area contributed by atoms with Gasteiger partial charge in [0.25, 0.3) is 11.5 Å². The first-order chi connectivity index (χ1) is 17.9. The third kappa shape index (κ3) is 4.97. The minimum absolute atomic E-state index is 0.0425. The molecule has 37 heavy (non-hydrogen) atoms. The third-order valence-corrected chi connectivity index (χ3v) is 7.93. The van der Waals surface area contributed by atoms with Crippen LogP contribution in [0.1, 0.15) is 35.7 Å². The summed E-state index contributed by atoms with van der Waals surface area (Å²) in [5, 5.41) is 2.89. The highest BCUT2D eigenvalue weighted by Gasteiger charge is 2.25. The number of nitrogens with one attached hydrogen (secondary N) is 1. The lowest BCUT2D eigenvalue weighted by atomic mass is 9.99. The predicted molar refractivity (Wildman–Crippen MR) is 149 cm³/mol. The van der Waals surface area contributed by atoms with E-state index in [-0.39, 0.29) is 29.6 Å². The van der Waals surface area contributed by atoms with Crippen molar-refractivity contribution >= 4 is 50.7 Å². The molecule has 0 saturated heterocycles. The molecule has 0 aliphatic carbocycles. The van der Waals surface area contributed by atoms with Crippen molar-refractivity contribution in [3.8, 4) is 16.9 Å². The topological polar surface area (TPSA) is 92.4 Å². The van der Waals surface area contributed by atoms with Gasteiger partial charge in [-0.25, -0.2) is 4.98 Å². The summed E-state index contributed by atoms with van der Waals surface area (Å²) < 4.78 is 5.49. The number of H-pyrrole nitrogens is 1. The lowest BCUT2D eigenvalue weighted by Gasteiger charge is -2.28. The van der Waals surface area contributed by atoms with Crippen LogP contribution in [0.5, 0.6) is 5.75 Å². The fraction of sp³-hybridized carbons (Fsp3) is 0.214. The largest absolute Gasteiger partial charge is 0.482 e. The molecule has 7 nitrogen and oxygen atoms in total. The van der Waals surface area contributed by atoms with Gasteiger partial charge in [0, 0.05) is 23.1 Å². The summed E-state index contributed by atoms with van der Waals surface area (Å²) in [5.74, 6) is 0.730. The van der Waals surface area contributed by atoms with Crippen LogP contribution in [0.15, 0.2) is 70.5 Å². The van der Waals surface area contributed by atoms with Crippen LogP contribution in [-0.4, -0.2) is 40.6 Å². The van der Waals surface area contributed by atoms with Gasteiger partial charge in [-0.05, 0) is 35.2 Å². The summed E-state index contributed by atoms with van der Waals surface area (Å²) in [6.45, 7) is 8.28. The molecule has 2 aromatic heterocycles. The van der Waals surface area contributed by atoms with E-state index in [1.165, 1.54) is 28.7 Å². The Kier molecular flexibility index (Phi) is 6.99. The molecule has 1 amide bonds. The fourth-order valence-electron chi connectivity index (χ4n) is 4.18. The van der Waals surface area contributed by atoms with E-state index in [0.29, 0.717) is 44.8 Å². The summed E-state index contributed by atoms with van der Waals surface area (Å²) in [6.07, 6.45) is 1.63. The number of fused-ring (bicyclic) bond motifs is 2. The lowest BCUT2D eigenvalue weighted by molar-refractivity contribution is -0.121. The number of benzene rings is 2. The molecule has 0 spiro atoms. The smallest absolute Gasteiger partial charge is 0.265 e. The van der Waals surface area contributed by atoms with Crippen molar-refractivity contribution in [3.63, 3.8) is 0 Å². The number of nitrogens with zero attached hydrogens (tertiary/aromatic N) is 2. The number of carbonyl (C=O) groups excluding carboxylic acids is 2. The van der Waals surface area contributed by atoms with Gasteiger partial charge in [-0.15, -0.1) is 17.9 Å². The van der Waals surface area contributed by atoms with Crippen molar-refractivity contribution in [3.05, 3.63) is 82.0 Å². The second kappa shape index (κ2) is 10.4.